The number of fused-ring (bicyclic) bond motifs is 1. The number of anilines is 1. The molecule has 0 saturated heterocycles. The van der Waals surface area contributed by atoms with Crippen molar-refractivity contribution >= 4 is 45.0 Å². The third kappa shape index (κ3) is 4.87. The van der Waals surface area contributed by atoms with Crippen LogP contribution in [0.5, 0.6) is 0 Å². The summed E-state index contributed by atoms with van der Waals surface area (Å²) >= 11 is 0.944. The van der Waals surface area contributed by atoms with Crippen LogP contribution in [0.25, 0.3) is 10.2 Å². The number of nitrogens with zero attached hydrogens (tertiary/aromatic N) is 2. The molecule has 1 atom stereocenters. The van der Waals surface area contributed by atoms with Gasteiger partial charge in [-0.1, -0.05) is 0 Å². The highest BCUT2D eigenvalue weighted by Crippen LogP contribution is 2.27. The second-order valence-corrected chi connectivity index (χ2v) is 7.93. The zero-order valence-corrected chi connectivity index (χ0v) is 18.3. The Morgan fingerprint density at radius 3 is 2.61 bits per heavy atom. The molecule has 0 spiro atoms. The first-order chi connectivity index (χ1) is 15.5. The predicted molar refractivity (Wildman–Crippen MR) is 112 cm³/mol. The lowest BCUT2D eigenvalue weighted by atomic mass is 10.2. The first-order valence-electron chi connectivity index (χ1n) is 9.38. The van der Waals surface area contributed by atoms with Gasteiger partial charge in [-0.05, 0) is 31.5 Å². The number of halogens is 3. The molecule has 0 aliphatic heterocycles. The summed E-state index contributed by atoms with van der Waals surface area (Å²) in [6.07, 6.45) is 0.00829. The van der Waals surface area contributed by atoms with Gasteiger partial charge in [0.15, 0.2) is 23.6 Å². The molecule has 0 unspecified atom stereocenters. The van der Waals surface area contributed by atoms with E-state index < -0.39 is 53.6 Å². The Morgan fingerprint density at radius 2 is 1.91 bits per heavy atom. The van der Waals surface area contributed by atoms with Crippen molar-refractivity contribution in [3.8, 4) is 0 Å². The Morgan fingerprint density at radius 1 is 1.21 bits per heavy atom. The van der Waals surface area contributed by atoms with Crippen LogP contribution in [0.15, 0.2) is 23.3 Å². The molecule has 9 nitrogen and oxygen atoms in total. The summed E-state index contributed by atoms with van der Waals surface area (Å²) < 4.78 is 46.2. The van der Waals surface area contributed by atoms with Crippen LogP contribution in [-0.4, -0.2) is 40.0 Å². The molecule has 2 aromatic heterocycles. The molecule has 0 saturated carbocycles. The number of amides is 2. The van der Waals surface area contributed by atoms with Crippen LogP contribution < -0.4 is 16.2 Å². The fourth-order valence-electron chi connectivity index (χ4n) is 2.80. The van der Waals surface area contributed by atoms with Crippen LogP contribution >= 0.6 is 11.3 Å². The monoisotopic (exact) mass is 482 g/mol. The van der Waals surface area contributed by atoms with Gasteiger partial charge >= 0.3 is 5.97 Å². The van der Waals surface area contributed by atoms with E-state index in [1.807, 2.05) is 5.32 Å². The van der Waals surface area contributed by atoms with Crippen molar-refractivity contribution in [2.45, 2.75) is 20.0 Å². The number of thiophene rings is 1. The minimum absolute atomic E-state index is 0.104. The molecule has 0 radical (unpaired) electrons. The number of hydrogen-bond acceptors (Lipinski definition) is 7. The van der Waals surface area contributed by atoms with Crippen molar-refractivity contribution in [2.24, 2.45) is 7.05 Å². The number of hydrogen-bond donors (Lipinski definition) is 2. The number of aromatic nitrogens is 2. The highest BCUT2D eigenvalue weighted by molar-refractivity contribution is 7.20. The number of benzene rings is 1. The number of rotatable bonds is 6. The summed E-state index contributed by atoms with van der Waals surface area (Å²) in [7, 11) is 1.52. The molecule has 33 heavy (non-hydrogen) atoms. The van der Waals surface area contributed by atoms with E-state index in [0.717, 1.165) is 17.4 Å². The van der Waals surface area contributed by atoms with Crippen LogP contribution in [0, 0.1) is 24.4 Å². The highest BCUT2D eigenvalue weighted by Gasteiger charge is 2.25. The van der Waals surface area contributed by atoms with Gasteiger partial charge < -0.3 is 19.9 Å². The molecule has 0 aliphatic rings. The quantitative estimate of drug-likeness (QED) is 0.410. The van der Waals surface area contributed by atoms with Gasteiger partial charge in [0.25, 0.3) is 11.5 Å². The van der Waals surface area contributed by atoms with E-state index in [1.54, 1.807) is 6.92 Å². The summed E-state index contributed by atoms with van der Waals surface area (Å²) in [5.74, 6) is -7.36. The number of aryl methyl sites for hydroxylation is 2. The highest BCUT2D eigenvalue weighted by atomic mass is 32.1. The maximum Gasteiger partial charge on any atom is 0.349 e. The minimum atomic E-state index is -1.75. The molecule has 0 fully saturated rings. The van der Waals surface area contributed by atoms with Crippen LogP contribution in [-0.2, 0) is 21.4 Å². The molecular weight excluding hydrogens is 465 g/mol. The summed E-state index contributed by atoms with van der Waals surface area (Å²) in [5, 5.41) is 4.45. The predicted octanol–water partition coefficient (Wildman–Crippen LogP) is 2.02. The molecule has 3 aromatic rings. The second kappa shape index (κ2) is 9.40. The average Bonchev–Trinajstić information content (AvgIpc) is 3.12. The van der Waals surface area contributed by atoms with Crippen molar-refractivity contribution < 1.29 is 32.3 Å². The standard InChI is InChI=1S/C20H17F3N4O5S/c1-8-13-18(25-7-27(3)19(13)30)33-16(8)20(31)32-9(2)17(29)24-6-12(28)26-11-5-4-10(21)14(22)15(11)23/h4-5,7,9H,6H2,1-3H3,(H,24,29)(H,26,28)/t9-/m0/s1. The normalized spacial score (nSPS) is 11.8. The number of esters is 1. The minimum Gasteiger partial charge on any atom is -0.448 e. The SMILES string of the molecule is Cc1c(C(=O)O[C@@H](C)C(=O)NCC(=O)Nc2ccc(F)c(F)c2F)sc2ncn(C)c(=O)c12. The summed E-state index contributed by atoms with van der Waals surface area (Å²) in [6.45, 7) is 2.17. The molecule has 1 aromatic carbocycles. The number of ether oxygens (including phenoxy) is 1. The average molecular weight is 482 g/mol. The van der Waals surface area contributed by atoms with Gasteiger partial charge in [0.2, 0.25) is 5.91 Å². The van der Waals surface area contributed by atoms with E-state index in [1.165, 1.54) is 24.9 Å². The van der Waals surface area contributed by atoms with Crippen molar-refractivity contribution in [1.82, 2.24) is 14.9 Å². The molecule has 2 N–H and O–H groups in total. The van der Waals surface area contributed by atoms with Crippen LogP contribution in [0.1, 0.15) is 22.2 Å². The number of carbonyl (C=O) groups excluding carboxylic acids is 3. The van der Waals surface area contributed by atoms with Gasteiger partial charge in [0.05, 0.1) is 23.9 Å². The largest absolute Gasteiger partial charge is 0.448 e. The third-order valence-corrected chi connectivity index (χ3v) is 5.76. The van der Waals surface area contributed by atoms with Crippen LogP contribution in [0.2, 0.25) is 0 Å². The first-order valence-corrected chi connectivity index (χ1v) is 10.2. The molecule has 2 amide bonds. The van der Waals surface area contributed by atoms with Gasteiger partial charge in [-0.15, -0.1) is 11.3 Å². The lowest BCUT2D eigenvalue weighted by Gasteiger charge is -2.13. The fourth-order valence-corrected chi connectivity index (χ4v) is 3.82. The molecule has 0 aliphatic carbocycles. The van der Waals surface area contributed by atoms with E-state index in [2.05, 4.69) is 10.3 Å². The van der Waals surface area contributed by atoms with Crippen molar-refractivity contribution in [1.29, 1.82) is 0 Å². The van der Waals surface area contributed by atoms with Gasteiger partial charge in [0.1, 0.15) is 9.71 Å². The molecule has 13 heteroatoms. The molecule has 174 valence electrons. The zero-order valence-electron chi connectivity index (χ0n) is 17.5. The Hall–Kier alpha value is -3.74. The Balaban J connectivity index is 1.60. The lowest BCUT2D eigenvalue weighted by Crippen LogP contribution is -2.40. The van der Waals surface area contributed by atoms with Gasteiger partial charge in [-0.2, -0.15) is 0 Å². The van der Waals surface area contributed by atoms with Crippen LogP contribution in [0.4, 0.5) is 18.9 Å². The molecule has 2 heterocycles. The van der Waals surface area contributed by atoms with E-state index in [9.17, 15) is 32.3 Å². The van der Waals surface area contributed by atoms with E-state index in [0.29, 0.717) is 16.5 Å². The van der Waals surface area contributed by atoms with E-state index >= 15 is 0 Å². The maximum absolute atomic E-state index is 13.6. The topological polar surface area (TPSA) is 119 Å². The van der Waals surface area contributed by atoms with E-state index in [4.69, 9.17) is 4.74 Å². The molecule has 3 rings (SSSR count). The van der Waals surface area contributed by atoms with Gasteiger partial charge in [-0.25, -0.2) is 22.9 Å². The summed E-state index contributed by atoms with van der Waals surface area (Å²) in [5.41, 5.74) is -0.566. The Kier molecular flexibility index (Phi) is 6.81. The Bertz CT molecular complexity index is 1340. The fraction of sp³-hybridized carbons (Fsp3) is 0.250. The maximum atomic E-state index is 13.6. The summed E-state index contributed by atoms with van der Waals surface area (Å²) in [6, 6.07) is 1.46. The number of carbonyl (C=O) groups is 3. The van der Waals surface area contributed by atoms with Crippen LogP contribution in [0.3, 0.4) is 0 Å². The van der Waals surface area contributed by atoms with Gasteiger partial charge in [0, 0.05) is 7.05 Å². The summed E-state index contributed by atoms with van der Waals surface area (Å²) in [4.78, 5) is 53.4. The third-order valence-electron chi connectivity index (χ3n) is 4.58. The second-order valence-electron chi connectivity index (χ2n) is 6.93. The smallest absolute Gasteiger partial charge is 0.349 e. The lowest BCUT2D eigenvalue weighted by molar-refractivity contribution is -0.130. The zero-order chi connectivity index (χ0) is 24.4. The Labute approximate surface area is 188 Å². The van der Waals surface area contributed by atoms with Gasteiger partial charge in [-0.3, -0.25) is 14.4 Å². The van der Waals surface area contributed by atoms with Crippen molar-refractivity contribution in [2.75, 3.05) is 11.9 Å². The van der Waals surface area contributed by atoms with Crippen molar-refractivity contribution in [3.63, 3.8) is 0 Å². The first kappa shape index (κ1) is 23.9. The molecule has 0 bridgehead atoms. The molecular formula is C20H17F3N4O5S. The number of nitrogens with one attached hydrogen (secondary N) is 2. The van der Waals surface area contributed by atoms with Crippen molar-refractivity contribution in [3.05, 3.63) is 56.7 Å². The van der Waals surface area contributed by atoms with E-state index in [-0.39, 0.29) is 15.8 Å².